The van der Waals surface area contributed by atoms with Gasteiger partial charge in [-0.05, 0) is 31.0 Å². The summed E-state index contributed by atoms with van der Waals surface area (Å²) in [6.07, 6.45) is 1.70. The van der Waals surface area contributed by atoms with Crippen molar-refractivity contribution >= 4 is 0 Å². The molecule has 0 aliphatic carbocycles. The van der Waals surface area contributed by atoms with E-state index in [0.717, 1.165) is 24.3 Å². The predicted molar refractivity (Wildman–Crippen MR) is 67.2 cm³/mol. The highest BCUT2D eigenvalue weighted by atomic mass is 16.5. The third-order valence-corrected chi connectivity index (χ3v) is 2.26. The Balaban J connectivity index is 2.67. The van der Waals surface area contributed by atoms with Crippen molar-refractivity contribution in [3.05, 3.63) is 29.8 Å². The highest BCUT2D eigenvalue weighted by Crippen LogP contribution is 2.19. The first-order chi connectivity index (χ1) is 7.77. The van der Waals surface area contributed by atoms with E-state index < -0.39 is 0 Å². The van der Waals surface area contributed by atoms with Crippen LogP contribution in [-0.4, -0.2) is 6.61 Å². The van der Waals surface area contributed by atoms with Crippen LogP contribution < -0.4 is 10.5 Å². The molecule has 0 aliphatic heterocycles. The van der Waals surface area contributed by atoms with Gasteiger partial charge in [0.05, 0.1) is 6.61 Å². The fourth-order valence-corrected chi connectivity index (χ4v) is 1.38. The summed E-state index contributed by atoms with van der Waals surface area (Å²) in [5, 5.41) is 0. The molecule has 0 bridgehead atoms. The second kappa shape index (κ2) is 6.92. The number of nitrogens with two attached hydrogens (primary N) is 1. The van der Waals surface area contributed by atoms with Crippen molar-refractivity contribution in [3.63, 3.8) is 0 Å². The maximum Gasteiger partial charge on any atom is 0.119 e. The van der Waals surface area contributed by atoms with Crippen molar-refractivity contribution in [2.75, 3.05) is 6.61 Å². The quantitative estimate of drug-likeness (QED) is 0.770. The molecule has 2 N–H and O–H groups in total. The Morgan fingerprint density at radius 2 is 2.25 bits per heavy atom. The molecule has 1 rings (SSSR count). The van der Waals surface area contributed by atoms with Gasteiger partial charge < -0.3 is 10.5 Å². The molecule has 16 heavy (non-hydrogen) atoms. The lowest BCUT2D eigenvalue weighted by atomic mass is 10.0. The van der Waals surface area contributed by atoms with Gasteiger partial charge in [-0.25, -0.2) is 0 Å². The molecule has 1 aromatic carbocycles. The van der Waals surface area contributed by atoms with Gasteiger partial charge in [0, 0.05) is 12.5 Å². The van der Waals surface area contributed by atoms with E-state index in [4.69, 9.17) is 10.5 Å². The summed E-state index contributed by atoms with van der Waals surface area (Å²) in [7, 11) is 0. The summed E-state index contributed by atoms with van der Waals surface area (Å²) >= 11 is 0. The SMILES string of the molecule is CC#CCC(N)c1cccc(OCCC)c1. The first kappa shape index (κ1) is 12.6. The molecule has 0 saturated carbocycles. The summed E-state index contributed by atoms with van der Waals surface area (Å²) in [4.78, 5) is 0. The van der Waals surface area contributed by atoms with E-state index >= 15 is 0 Å². The largest absolute Gasteiger partial charge is 0.494 e. The Hall–Kier alpha value is -1.46. The van der Waals surface area contributed by atoms with Crippen LogP contribution >= 0.6 is 0 Å². The summed E-state index contributed by atoms with van der Waals surface area (Å²) in [6, 6.07) is 7.91. The van der Waals surface area contributed by atoms with E-state index in [1.807, 2.05) is 31.2 Å². The Bertz CT molecular complexity index is 376. The molecule has 0 aromatic heterocycles. The second-order valence-corrected chi connectivity index (χ2v) is 3.66. The van der Waals surface area contributed by atoms with Gasteiger partial charge in [0.2, 0.25) is 0 Å². The van der Waals surface area contributed by atoms with E-state index in [-0.39, 0.29) is 6.04 Å². The minimum Gasteiger partial charge on any atom is -0.494 e. The van der Waals surface area contributed by atoms with Gasteiger partial charge in [-0.3, -0.25) is 0 Å². The fourth-order valence-electron chi connectivity index (χ4n) is 1.38. The van der Waals surface area contributed by atoms with E-state index in [0.29, 0.717) is 6.42 Å². The van der Waals surface area contributed by atoms with Crippen molar-refractivity contribution in [2.45, 2.75) is 32.7 Å². The van der Waals surface area contributed by atoms with Crippen LogP contribution in [0, 0.1) is 11.8 Å². The molecule has 0 amide bonds. The molecule has 1 atom stereocenters. The normalized spacial score (nSPS) is 11.4. The Morgan fingerprint density at radius 3 is 2.94 bits per heavy atom. The second-order valence-electron chi connectivity index (χ2n) is 3.66. The highest BCUT2D eigenvalue weighted by Gasteiger charge is 2.05. The van der Waals surface area contributed by atoms with Gasteiger partial charge >= 0.3 is 0 Å². The van der Waals surface area contributed by atoms with Crippen LogP contribution in [0.3, 0.4) is 0 Å². The Morgan fingerprint density at radius 1 is 1.44 bits per heavy atom. The molecule has 0 radical (unpaired) electrons. The molecule has 1 aromatic rings. The highest BCUT2D eigenvalue weighted by molar-refractivity contribution is 5.31. The van der Waals surface area contributed by atoms with Crippen LogP contribution in [0.25, 0.3) is 0 Å². The van der Waals surface area contributed by atoms with Gasteiger partial charge in [0.15, 0.2) is 0 Å². The van der Waals surface area contributed by atoms with E-state index in [1.165, 1.54) is 0 Å². The van der Waals surface area contributed by atoms with Crippen LogP contribution in [0.15, 0.2) is 24.3 Å². The molecular weight excluding hydrogens is 198 g/mol. The lowest BCUT2D eigenvalue weighted by Gasteiger charge is -2.11. The lowest BCUT2D eigenvalue weighted by Crippen LogP contribution is -2.09. The summed E-state index contributed by atoms with van der Waals surface area (Å²) in [6.45, 7) is 4.66. The minimum absolute atomic E-state index is 0.0300. The van der Waals surface area contributed by atoms with E-state index in [1.54, 1.807) is 0 Å². The first-order valence-electron chi connectivity index (χ1n) is 5.66. The third kappa shape index (κ3) is 3.96. The molecule has 0 heterocycles. The van der Waals surface area contributed by atoms with Crippen molar-refractivity contribution in [3.8, 4) is 17.6 Å². The van der Waals surface area contributed by atoms with Crippen molar-refractivity contribution in [1.82, 2.24) is 0 Å². The van der Waals surface area contributed by atoms with Crippen LogP contribution in [0.2, 0.25) is 0 Å². The summed E-state index contributed by atoms with van der Waals surface area (Å²) in [5.41, 5.74) is 7.10. The summed E-state index contributed by atoms with van der Waals surface area (Å²) in [5.74, 6) is 6.74. The smallest absolute Gasteiger partial charge is 0.119 e. The molecule has 2 heteroatoms. The third-order valence-electron chi connectivity index (χ3n) is 2.26. The zero-order valence-corrected chi connectivity index (χ0v) is 9.99. The number of hydrogen-bond acceptors (Lipinski definition) is 2. The predicted octanol–water partition coefficient (Wildman–Crippen LogP) is 2.89. The molecule has 2 nitrogen and oxygen atoms in total. The maximum atomic E-state index is 6.02. The lowest BCUT2D eigenvalue weighted by molar-refractivity contribution is 0.317. The molecule has 0 saturated heterocycles. The average molecular weight is 217 g/mol. The summed E-state index contributed by atoms with van der Waals surface area (Å²) < 4.78 is 5.56. The molecule has 0 spiro atoms. The van der Waals surface area contributed by atoms with Crippen LogP contribution in [0.4, 0.5) is 0 Å². The Kier molecular flexibility index (Phi) is 5.45. The number of ether oxygens (including phenoxy) is 1. The fraction of sp³-hybridized carbons (Fsp3) is 0.429. The molecular formula is C14H19NO. The van der Waals surface area contributed by atoms with Crippen LogP contribution in [-0.2, 0) is 0 Å². The zero-order chi connectivity index (χ0) is 11.8. The molecule has 0 fully saturated rings. The monoisotopic (exact) mass is 217 g/mol. The molecule has 0 aliphatic rings. The molecule has 1 unspecified atom stereocenters. The number of hydrogen-bond donors (Lipinski definition) is 1. The number of benzene rings is 1. The number of rotatable bonds is 5. The van der Waals surface area contributed by atoms with Crippen molar-refractivity contribution in [2.24, 2.45) is 5.73 Å². The minimum atomic E-state index is -0.0300. The average Bonchev–Trinajstić information content (AvgIpc) is 2.33. The van der Waals surface area contributed by atoms with Gasteiger partial charge in [-0.15, -0.1) is 11.8 Å². The topological polar surface area (TPSA) is 35.2 Å². The van der Waals surface area contributed by atoms with Crippen LogP contribution in [0.5, 0.6) is 5.75 Å². The van der Waals surface area contributed by atoms with Crippen LogP contribution in [0.1, 0.15) is 38.3 Å². The zero-order valence-electron chi connectivity index (χ0n) is 9.99. The van der Waals surface area contributed by atoms with Gasteiger partial charge in [-0.2, -0.15) is 0 Å². The maximum absolute atomic E-state index is 6.02. The molecule has 86 valence electrons. The standard InChI is InChI=1S/C14H19NO/c1-3-5-9-14(15)12-7-6-8-13(11-12)16-10-4-2/h6-8,11,14H,4,9-10,15H2,1-2H3. The van der Waals surface area contributed by atoms with Crippen molar-refractivity contribution < 1.29 is 4.74 Å². The van der Waals surface area contributed by atoms with Gasteiger partial charge in [0.25, 0.3) is 0 Å². The Labute approximate surface area is 97.8 Å². The van der Waals surface area contributed by atoms with Gasteiger partial charge in [0.1, 0.15) is 5.75 Å². The van der Waals surface area contributed by atoms with Crippen molar-refractivity contribution in [1.29, 1.82) is 0 Å². The van der Waals surface area contributed by atoms with Gasteiger partial charge in [-0.1, -0.05) is 19.1 Å². The van der Waals surface area contributed by atoms with E-state index in [9.17, 15) is 0 Å². The first-order valence-corrected chi connectivity index (χ1v) is 5.66. The van der Waals surface area contributed by atoms with E-state index in [2.05, 4.69) is 18.8 Å².